The normalized spacial score (nSPS) is 26.3. The molecule has 132 valence electrons. The molecule has 1 aliphatic heterocycles. The summed E-state index contributed by atoms with van der Waals surface area (Å²) in [6.07, 6.45) is 7.57. The van der Waals surface area contributed by atoms with Gasteiger partial charge in [0.15, 0.2) is 5.76 Å². The lowest BCUT2D eigenvalue weighted by Gasteiger charge is -2.39. The summed E-state index contributed by atoms with van der Waals surface area (Å²) in [6, 6.07) is 7.97. The summed E-state index contributed by atoms with van der Waals surface area (Å²) in [7, 11) is 0. The first-order valence-corrected chi connectivity index (χ1v) is 8.87. The van der Waals surface area contributed by atoms with E-state index >= 15 is 0 Å². The largest absolute Gasteiger partial charge is 0.459 e. The minimum absolute atomic E-state index is 0.155. The summed E-state index contributed by atoms with van der Waals surface area (Å²) in [5.41, 5.74) is 1.28. The van der Waals surface area contributed by atoms with Crippen LogP contribution in [0.5, 0.6) is 0 Å². The Morgan fingerprint density at radius 2 is 2.16 bits per heavy atom. The molecule has 3 atom stereocenters. The van der Waals surface area contributed by atoms with Crippen molar-refractivity contribution in [1.29, 1.82) is 0 Å². The molecule has 1 amide bonds. The van der Waals surface area contributed by atoms with Crippen LogP contribution in [0, 0.1) is 5.92 Å². The minimum atomic E-state index is -0.155. The van der Waals surface area contributed by atoms with E-state index in [-0.39, 0.29) is 12.0 Å². The third-order valence-corrected chi connectivity index (χ3v) is 5.24. The second-order valence-electron chi connectivity index (χ2n) is 6.75. The highest BCUT2D eigenvalue weighted by Gasteiger charge is 2.42. The quantitative estimate of drug-likeness (QED) is 0.902. The molecule has 6 heteroatoms. The standard InChI is InChI=1S/C19H23N3O3/c23-19(17-2-1-10-24-17)21-12-15-3-4-16-18(15)25-11-9-22(16)13-14-5-7-20-8-6-14/h1-2,5-8,10,15-16,18H,3-4,9,11-13H2,(H,21,23)/t15-,16-,18-/m0/s1. The number of hydrogen-bond donors (Lipinski definition) is 1. The number of furan rings is 1. The molecule has 0 spiro atoms. The van der Waals surface area contributed by atoms with Gasteiger partial charge in [-0.25, -0.2) is 0 Å². The van der Waals surface area contributed by atoms with E-state index in [2.05, 4.69) is 27.3 Å². The Morgan fingerprint density at radius 3 is 2.96 bits per heavy atom. The van der Waals surface area contributed by atoms with Crippen LogP contribution in [0.4, 0.5) is 0 Å². The number of rotatable bonds is 5. The topological polar surface area (TPSA) is 67.6 Å². The van der Waals surface area contributed by atoms with Crippen molar-refractivity contribution >= 4 is 5.91 Å². The second kappa shape index (κ2) is 7.37. The molecule has 2 aromatic heterocycles. The number of morpholine rings is 1. The van der Waals surface area contributed by atoms with Gasteiger partial charge in [0.05, 0.1) is 19.0 Å². The van der Waals surface area contributed by atoms with Gasteiger partial charge in [-0.2, -0.15) is 0 Å². The molecule has 25 heavy (non-hydrogen) atoms. The molecule has 2 fully saturated rings. The number of amides is 1. The number of ether oxygens (including phenoxy) is 1. The van der Waals surface area contributed by atoms with Crippen LogP contribution >= 0.6 is 0 Å². The zero-order valence-electron chi connectivity index (χ0n) is 14.1. The average Bonchev–Trinajstić information content (AvgIpc) is 3.31. The maximum atomic E-state index is 12.1. The molecule has 1 N–H and O–H groups in total. The number of nitrogens with one attached hydrogen (secondary N) is 1. The highest BCUT2D eigenvalue weighted by Crippen LogP contribution is 2.35. The second-order valence-corrected chi connectivity index (χ2v) is 6.75. The summed E-state index contributed by atoms with van der Waals surface area (Å²) in [5, 5.41) is 2.99. The molecule has 1 saturated heterocycles. The molecule has 0 bridgehead atoms. The molecular formula is C19H23N3O3. The Balaban J connectivity index is 1.35. The summed E-state index contributed by atoms with van der Waals surface area (Å²) in [4.78, 5) is 18.7. The molecule has 0 radical (unpaired) electrons. The molecule has 6 nitrogen and oxygen atoms in total. The lowest BCUT2D eigenvalue weighted by Crippen LogP contribution is -2.50. The number of fused-ring (bicyclic) bond motifs is 1. The van der Waals surface area contributed by atoms with E-state index in [0.29, 0.717) is 24.3 Å². The van der Waals surface area contributed by atoms with Crippen LogP contribution in [0.15, 0.2) is 47.3 Å². The van der Waals surface area contributed by atoms with Gasteiger partial charge in [-0.05, 0) is 42.7 Å². The molecule has 0 aromatic carbocycles. The number of hydrogen-bond acceptors (Lipinski definition) is 5. The van der Waals surface area contributed by atoms with E-state index in [4.69, 9.17) is 9.15 Å². The van der Waals surface area contributed by atoms with Gasteiger partial charge in [-0.15, -0.1) is 0 Å². The first-order valence-electron chi connectivity index (χ1n) is 8.87. The Morgan fingerprint density at radius 1 is 1.28 bits per heavy atom. The number of pyridine rings is 1. The van der Waals surface area contributed by atoms with Crippen molar-refractivity contribution in [2.45, 2.75) is 31.5 Å². The van der Waals surface area contributed by atoms with E-state index in [0.717, 1.165) is 32.5 Å². The van der Waals surface area contributed by atoms with Crippen LogP contribution in [0.2, 0.25) is 0 Å². The van der Waals surface area contributed by atoms with Crippen LogP contribution in [-0.2, 0) is 11.3 Å². The summed E-state index contributed by atoms with van der Waals surface area (Å²) in [6.45, 7) is 3.26. The fourth-order valence-corrected chi connectivity index (χ4v) is 3.99. The van der Waals surface area contributed by atoms with Crippen LogP contribution in [-0.4, -0.2) is 47.6 Å². The van der Waals surface area contributed by atoms with E-state index in [1.165, 1.54) is 11.8 Å². The lowest BCUT2D eigenvalue weighted by molar-refractivity contribution is -0.0757. The molecule has 2 aromatic rings. The van der Waals surface area contributed by atoms with Crippen molar-refractivity contribution in [3.8, 4) is 0 Å². The Labute approximate surface area is 147 Å². The Hall–Kier alpha value is -2.18. The third kappa shape index (κ3) is 3.60. The lowest BCUT2D eigenvalue weighted by atomic mass is 10.0. The summed E-state index contributed by atoms with van der Waals surface area (Å²) in [5.74, 6) is 0.556. The van der Waals surface area contributed by atoms with Crippen LogP contribution in [0.25, 0.3) is 0 Å². The highest BCUT2D eigenvalue weighted by atomic mass is 16.5. The van der Waals surface area contributed by atoms with Crippen LogP contribution < -0.4 is 5.32 Å². The summed E-state index contributed by atoms with van der Waals surface area (Å²) >= 11 is 0. The zero-order valence-corrected chi connectivity index (χ0v) is 14.1. The Bertz CT molecular complexity index is 689. The minimum Gasteiger partial charge on any atom is -0.459 e. The molecule has 1 aliphatic carbocycles. The molecule has 2 aliphatic rings. The average molecular weight is 341 g/mol. The fraction of sp³-hybridized carbons (Fsp3) is 0.474. The maximum Gasteiger partial charge on any atom is 0.286 e. The van der Waals surface area contributed by atoms with Crippen molar-refractivity contribution in [3.05, 3.63) is 54.2 Å². The molecule has 0 unspecified atom stereocenters. The number of aromatic nitrogens is 1. The third-order valence-electron chi connectivity index (χ3n) is 5.24. The molecule has 4 rings (SSSR count). The van der Waals surface area contributed by atoms with Gasteiger partial charge in [0.1, 0.15) is 0 Å². The monoisotopic (exact) mass is 341 g/mol. The molecule has 1 saturated carbocycles. The van der Waals surface area contributed by atoms with Crippen molar-refractivity contribution in [1.82, 2.24) is 15.2 Å². The first-order chi connectivity index (χ1) is 12.3. The van der Waals surface area contributed by atoms with Gasteiger partial charge in [0.2, 0.25) is 0 Å². The molecule has 3 heterocycles. The van der Waals surface area contributed by atoms with Gasteiger partial charge in [-0.1, -0.05) is 0 Å². The van der Waals surface area contributed by atoms with Crippen molar-refractivity contribution in [3.63, 3.8) is 0 Å². The van der Waals surface area contributed by atoms with E-state index in [1.807, 2.05) is 12.4 Å². The van der Waals surface area contributed by atoms with E-state index in [9.17, 15) is 4.79 Å². The fourth-order valence-electron chi connectivity index (χ4n) is 3.99. The van der Waals surface area contributed by atoms with Crippen LogP contribution in [0.1, 0.15) is 29.0 Å². The van der Waals surface area contributed by atoms with Gasteiger partial charge in [0, 0.05) is 44.0 Å². The Kier molecular flexibility index (Phi) is 4.81. The number of nitrogens with zero attached hydrogens (tertiary/aromatic N) is 2. The highest BCUT2D eigenvalue weighted by molar-refractivity contribution is 5.91. The summed E-state index contributed by atoms with van der Waals surface area (Å²) < 4.78 is 11.2. The van der Waals surface area contributed by atoms with Crippen molar-refractivity contribution < 1.29 is 13.9 Å². The van der Waals surface area contributed by atoms with Gasteiger partial charge >= 0.3 is 0 Å². The maximum absolute atomic E-state index is 12.1. The number of carbonyl (C=O) groups excluding carboxylic acids is 1. The van der Waals surface area contributed by atoms with E-state index < -0.39 is 0 Å². The van der Waals surface area contributed by atoms with Crippen LogP contribution in [0.3, 0.4) is 0 Å². The predicted molar refractivity (Wildman–Crippen MR) is 91.9 cm³/mol. The van der Waals surface area contributed by atoms with Gasteiger partial charge in [0.25, 0.3) is 5.91 Å². The SMILES string of the molecule is O=C(NC[C@@H]1CC[C@H]2[C@H]1OCCN2Cc1ccncc1)c1ccco1. The molecular weight excluding hydrogens is 318 g/mol. The first kappa shape index (κ1) is 16.3. The smallest absolute Gasteiger partial charge is 0.286 e. The van der Waals surface area contributed by atoms with Crippen molar-refractivity contribution in [2.24, 2.45) is 5.92 Å². The van der Waals surface area contributed by atoms with Gasteiger partial charge in [-0.3, -0.25) is 14.7 Å². The predicted octanol–water partition coefficient (Wildman–Crippen LogP) is 2.08. The van der Waals surface area contributed by atoms with Gasteiger partial charge < -0.3 is 14.5 Å². The van der Waals surface area contributed by atoms with E-state index in [1.54, 1.807) is 12.1 Å². The number of carbonyl (C=O) groups is 1. The zero-order chi connectivity index (χ0) is 17.1. The van der Waals surface area contributed by atoms with Crippen molar-refractivity contribution in [2.75, 3.05) is 19.7 Å².